The van der Waals surface area contributed by atoms with E-state index in [9.17, 15) is 9.59 Å². The van der Waals surface area contributed by atoms with Gasteiger partial charge in [-0.3, -0.25) is 19.3 Å². The summed E-state index contributed by atoms with van der Waals surface area (Å²) < 4.78 is 1.59. The fourth-order valence-corrected chi connectivity index (χ4v) is 2.03. The molecule has 2 aromatic rings. The number of rotatable bonds is 5. The van der Waals surface area contributed by atoms with Crippen LogP contribution in [0.2, 0.25) is 0 Å². The van der Waals surface area contributed by atoms with Crippen LogP contribution in [-0.4, -0.2) is 31.3 Å². The van der Waals surface area contributed by atoms with Gasteiger partial charge >= 0.3 is 0 Å². The van der Waals surface area contributed by atoms with Crippen LogP contribution in [0.3, 0.4) is 0 Å². The van der Waals surface area contributed by atoms with E-state index in [1.807, 2.05) is 6.92 Å². The smallest absolute Gasteiger partial charge is 0.190 e. The van der Waals surface area contributed by atoms with E-state index in [0.717, 1.165) is 0 Å². The van der Waals surface area contributed by atoms with E-state index < -0.39 is 0 Å². The summed E-state index contributed by atoms with van der Waals surface area (Å²) in [5, 5.41) is 4.20. The standard InChI is InChI=1S/C14H16N4O2/c1-4-11-10(8-18(3)17-11)12(19)7-13(20)14-9(2)15-5-6-16-14/h5-6,8H,4,7H2,1-3H3. The first-order valence-corrected chi connectivity index (χ1v) is 6.39. The lowest BCUT2D eigenvalue weighted by Gasteiger charge is -2.02. The molecule has 0 aliphatic carbocycles. The Morgan fingerprint density at radius 2 is 1.90 bits per heavy atom. The van der Waals surface area contributed by atoms with E-state index in [0.29, 0.717) is 23.4 Å². The number of ketones is 2. The Morgan fingerprint density at radius 1 is 1.20 bits per heavy atom. The molecule has 0 aliphatic rings. The van der Waals surface area contributed by atoms with Crippen molar-refractivity contribution >= 4 is 11.6 Å². The topological polar surface area (TPSA) is 77.7 Å². The van der Waals surface area contributed by atoms with E-state index in [-0.39, 0.29) is 23.7 Å². The predicted octanol–water partition coefficient (Wildman–Crippen LogP) is 1.54. The zero-order chi connectivity index (χ0) is 14.7. The van der Waals surface area contributed by atoms with Gasteiger partial charge in [0, 0.05) is 25.6 Å². The maximum atomic E-state index is 12.2. The van der Waals surface area contributed by atoms with Crippen LogP contribution in [0.25, 0.3) is 0 Å². The van der Waals surface area contributed by atoms with Crippen molar-refractivity contribution in [2.24, 2.45) is 7.05 Å². The molecule has 2 aromatic heterocycles. The first-order chi connectivity index (χ1) is 9.52. The molecule has 6 nitrogen and oxygen atoms in total. The van der Waals surface area contributed by atoms with Crippen molar-refractivity contribution in [2.45, 2.75) is 26.7 Å². The van der Waals surface area contributed by atoms with Crippen molar-refractivity contribution in [3.8, 4) is 0 Å². The average molecular weight is 272 g/mol. The molecule has 6 heteroatoms. The van der Waals surface area contributed by atoms with Gasteiger partial charge in [0.15, 0.2) is 11.6 Å². The van der Waals surface area contributed by atoms with E-state index >= 15 is 0 Å². The molecular weight excluding hydrogens is 256 g/mol. The SMILES string of the molecule is CCc1nn(C)cc1C(=O)CC(=O)c1nccnc1C. The van der Waals surface area contributed by atoms with Gasteiger partial charge in [-0.25, -0.2) is 4.98 Å². The fraction of sp³-hybridized carbons (Fsp3) is 0.357. The van der Waals surface area contributed by atoms with Crippen LogP contribution in [0, 0.1) is 6.92 Å². The number of carbonyl (C=O) groups is 2. The van der Waals surface area contributed by atoms with Gasteiger partial charge < -0.3 is 0 Å². The Morgan fingerprint density at radius 3 is 2.55 bits per heavy atom. The number of Topliss-reactive ketones (excluding diaryl/α,β-unsaturated/α-hetero) is 2. The summed E-state index contributed by atoms with van der Waals surface area (Å²) in [5.74, 6) is -0.545. The van der Waals surface area contributed by atoms with Crippen LogP contribution in [0.5, 0.6) is 0 Å². The molecule has 0 bridgehead atoms. The number of aromatic nitrogens is 4. The molecule has 0 N–H and O–H groups in total. The van der Waals surface area contributed by atoms with Gasteiger partial charge in [-0.1, -0.05) is 6.92 Å². The molecule has 2 rings (SSSR count). The maximum Gasteiger partial charge on any atom is 0.190 e. The number of hydrogen-bond donors (Lipinski definition) is 0. The number of nitrogens with zero attached hydrogens (tertiary/aromatic N) is 4. The zero-order valence-electron chi connectivity index (χ0n) is 11.8. The lowest BCUT2D eigenvalue weighted by Crippen LogP contribution is -2.13. The highest BCUT2D eigenvalue weighted by Crippen LogP contribution is 2.13. The van der Waals surface area contributed by atoms with Crippen molar-refractivity contribution in [2.75, 3.05) is 0 Å². The molecule has 2 heterocycles. The van der Waals surface area contributed by atoms with Gasteiger partial charge in [0.05, 0.1) is 23.4 Å². The molecule has 0 fully saturated rings. The van der Waals surface area contributed by atoms with E-state index in [1.165, 1.54) is 12.4 Å². The molecule has 0 radical (unpaired) electrons. The monoisotopic (exact) mass is 272 g/mol. The van der Waals surface area contributed by atoms with Gasteiger partial charge in [-0.05, 0) is 13.3 Å². The highest BCUT2D eigenvalue weighted by molar-refractivity contribution is 6.13. The molecular formula is C14H16N4O2. The van der Waals surface area contributed by atoms with Crippen LogP contribution >= 0.6 is 0 Å². The van der Waals surface area contributed by atoms with Crippen molar-refractivity contribution in [3.05, 3.63) is 41.2 Å². The van der Waals surface area contributed by atoms with Crippen molar-refractivity contribution in [1.29, 1.82) is 0 Å². The zero-order valence-corrected chi connectivity index (χ0v) is 11.8. The summed E-state index contributed by atoms with van der Waals surface area (Å²) in [6, 6.07) is 0. The Balaban J connectivity index is 2.20. The second kappa shape index (κ2) is 5.73. The van der Waals surface area contributed by atoms with Crippen LogP contribution in [0.1, 0.15) is 45.6 Å². The third kappa shape index (κ3) is 2.79. The van der Waals surface area contributed by atoms with E-state index in [2.05, 4.69) is 15.1 Å². The van der Waals surface area contributed by atoms with Gasteiger partial charge in [-0.15, -0.1) is 0 Å². The Labute approximate surface area is 116 Å². The Bertz CT molecular complexity index is 661. The summed E-state index contributed by atoms with van der Waals surface area (Å²) in [6.45, 7) is 3.63. The second-order valence-corrected chi connectivity index (χ2v) is 4.53. The predicted molar refractivity (Wildman–Crippen MR) is 72.6 cm³/mol. The first-order valence-electron chi connectivity index (χ1n) is 6.39. The van der Waals surface area contributed by atoms with Gasteiger partial charge in [0.1, 0.15) is 5.69 Å². The van der Waals surface area contributed by atoms with Crippen molar-refractivity contribution in [1.82, 2.24) is 19.7 Å². The largest absolute Gasteiger partial charge is 0.294 e. The highest BCUT2D eigenvalue weighted by atomic mass is 16.1. The van der Waals surface area contributed by atoms with Crippen molar-refractivity contribution < 1.29 is 9.59 Å². The van der Waals surface area contributed by atoms with Crippen LogP contribution < -0.4 is 0 Å². The molecule has 20 heavy (non-hydrogen) atoms. The van der Waals surface area contributed by atoms with Gasteiger partial charge in [-0.2, -0.15) is 5.10 Å². The number of carbonyl (C=O) groups excluding carboxylic acids is 2. The maximum absolute atomic E-state index is 12.2. The van der Waals surface area contributed by atoms with E-state index in [1.54, 1.807) is 24.9 Å². The first kappa shape index (κ1) is 14.0. The summed E-state index contributed by atoms with van der Waals surface area (Å²) >= 11 is 0. The summed E-state index contributed by atoms with van der Waals surface area (Å²) in [4.78, 5) is 32.3. The van der Waals surface area contributed by atoms with Crippen molar-refractivity contribution in [3.63, 3.8) is 0 Å². The second-order valence-electron chi connectivity index (χ2n) is 4.53. The average Bonchev–Trinajstić information content (AvgIpc) is 2.80. The summed E-state index contributed by atoms with van der Waals surface area (Å²) in [7, 11) is 1.75. The van der Waals surface area contributed by atoms with E-state index in [4.69, 9.17) is 0 Å². The lowest BCUT2D eigenvalue weighted by atomic mass is 10.0. The summed E-state index contributed by atoms with van der Waals surface area (Å²) in [6.07, 6.45) is 5.06. The molecule has 0 aliphatic heterocycles. The normalized spacial score (nSPS) is 10.6. The Hall–Kier alpha value is -2.37. The minimum absolute atomic E-state index is 0.210. The quantitative estimate of drug-likeness (QED) is 0.609. The Kier molecular flexibility index (Phi) is 4.02. The molecule has 0 aromatic carbocycles. The third-order valence-electron chi connectivity index (χ3n) is 3.01. The minimum atomic E-state index is -0.313. The molecule has 0 amide bonds. The number of aryl methyl sites for hydroxylation is 3. The molecule has 104 valence electrons. The molecule has 0 saturated carbocycles. The fourth-order valence-electron chi connectivity index (χ4n) is 2.03. The molecule has 0 saturated heterocycles. The molecule has 0 atom stereocenters. The lowest BCUT2D eigenvalue weighted by molar-refractivity contribution is 0.0890. The summed E-state index contributed by atoms with van der Waals surface area (Å²) in [5.41, 5.74) is 2.00. The van der Waals surface area contributed by atoms with Crippen LogP contribution in [0.15, 0.2) is 18.6 Å². The van der Waals surface area contributed by atoms with Crippen LogP contribution in [0.4, 0.5) is 0 Å². The highest BCUT2D eigenvalue weighted by Gasteiger charge is 2.20. The van der Waals surface area contributed by atoms with Crippen LogP contribution in [-0.2, 0) is 13.5 Å². The minimum Gasteiger partial charge on any atom is -0.294 e. The van der Waals surface area contributed by atoms with Gasteiger partial charge in [0.2, 0.25) is 0 Å². The third-order valence-corrected chi connectivity index (χ3v) is 3.01. The molecule has 0 spiro atoms. The van der Waals surface area contributed by atoms with Gasteiger partial charge in [0.25, 0.3) is 0 Å². The molecule has 0 unspecified atom stereocenters. The number of hydrogen-bond acceptors (Lipinski definition) is 5.